The predicted octanol–water partition coefficient (Wildman–Crippen LogP) is 1.53. The lowest BCUT2D eigenvalue weighted by Gasteiger charge is -2.17. The van der Waals surface area contributed by atoms with E-state index in [1.165, 1.54) is 0 Å². The third kappa shape index (κ3) is 2.09. The molecular formula is C20H16N4O. The number of benzene rings is 2. The molecule has 0 bridgehead atoms. The van der Waals surface area contributed by atoms with Crippen molar-refractivity contribution in [2.24, 2.45) is 20.0 Å². The van der Waals surface area contributed by atoms with Crippen LogP contribution in [0.5, 0.6) is 0 Å². The van der Waals surface area contributed by atoms with Crippen molar-refractivity contribution in [3.8, 4) is 0 Å². The van der Waals surface area contributed by atoms with Crippen LogP contribution >= 0.6 is 0 Å². The highest BCUT2D eigenvalue weighted by atomic mass is 16.3. The number of hydrogen-bond acceptors (Lipinski definition) is 5. The summed E-state index contributed by atoms with van der Waals surface area (Å²) in [5.74, 6) is 1.39. The maximum atomic E-state index is 6.14. The lowest BCUT2D eigenvalue weighted by Crippen LogP contribution is -2.19. The number of rotatable bonds is 2. The lowest BCUT2D eigenvalue weighted by molar-refractivity contribution is 0.317. The summed E-state index contributed by atoms with van der Waals surface area (Å²) >= 11 is 0. The molecule has 0 atom stereocenters. The van der Waals surface area contributed by atoms with Crippen LogP contribution in [0.4, 0.5) is 0 Å². The number of nitrogens with zero attached hydrogens (tertiary/aromatic N) is 4. The zero-order valence-electron chi connectivity index (χ0n) is 14.0. The standard InChI is InChI=1S/C20H16N4O/c1-19(21-13-7-3-4-8-14(13)22-19)17-11-12-18(25-17)20(2)23-15-9-5-6-10-16(15)24-20/h3-12H,1-2H3. The summed E-state index contributed by atoms with van der Waals surface area (Å²) in [4.78, 5) is 18.9. The molecule has 2 aromatic carbocycles. The SMILES string of the molecule is CC1(c2ccc(C3(C)N=c4ccccc4=N3)o2)N=c2ccccc2=N1. The first-order valence-electron chi connectivity index (χ1n) is 8.26. The topological polar surface area (TPSA) is 62.6 Å². The molecule has 25 heavy (non-hydrogen) atoms. The molecule has 2 aliphatic rings. The summed E-state index contributed by atoms with van der Waals surface area (Å²) in [6, 6.07) is 19.6. The molecule has 3 aromatic rings. The van der Waals surface area contributed by atoms with Crippen molar-refractivity contribution in [3.63, 3.8) is 0 Å². The molecule has 0 fully saturated rings. The summed E-state index contributed by atoms with van der Waals surface area (Å²) < 4.78 is 6.14. The highest BCUT2D eigenvalue weighted by Gasteiger charge is 2.36. The van der Waals surface area contributed by atoms with Crippen LogP contribution in [-0.4, -0.2) is 0 Å². The molecule has 0 saturated carbocycles. The Balaban J connectivity index is 1.60. The molecule has 2 aliphatic heterocycles. The van der Waals surface area contributed by atoms with E-state index in [-0.39, 0.29) is 0 Å². The van der Waals surface area contributed by atoms with Gasteiger partial charge in [-0.1, -0.05) is 24.3 Å². The first kappa shape index (κ1) is 14.3. The summed E-state index contributed by atoms with van der Waals surface area (Å²) in [5.41, 5.74) is -1.49. The molecule has 0 radical (unpaired) electrons. The van der Waals surface area contributed by atoms with Gasteiger partial charge in [-0.3, -0.25) is 0 Å². The number of furan rings is 1. The molecule has 3 heterocycles. The molecule has 1 aromatic heterocycles. The third-order valence-corrected chi connectivity index (χ3v) is 4.66. The molecule has 0 N–H and O–H groups in total. The minimum atomic E-state index is -0.746. The molecule has 0 saturated heterocycles. The lowest BCUT2D eigenvalue weighted by atomic mass is 10.1. The molecule has 0 amide bonds. The highest BCUT2D eigenvalue weighted by Crippen LogP contribution is 2.34. The quantitative estimate of drug-likeness (QED) is 0.704. The zero-order chi connectivity index (χ0) is 17.1. The van der Waals surface area contributed by atoms with Crippen molar-refractivity contribution >= 4 is 0 Å². The van der Waals surface area contributed by atoms with E-state index in [1.807, 2.05) is 74.5 Å². The van der Waals surface area contributed by atoms with E-state index in [1.54, 1.807) is 0 Å². The molecule has 5 rings (SSSR count). The molecule has 0 unspecified atom stereocenters. The maximum absolute atomic E-state index is 6.14. The van der Waals surface area contributed by atoms with Crippen molar-refractivity contribution < 1.29 is 4.42 Å². The molecular weight excluding hydrogens is 312 g/mol. The Hall–Kier alpha value is -3.08. The Morgan fingerprint density at radius 1 is 0.560 bits per heavy atom. The average Bonchev–Trinajstić information content (AvgIpc) is 3.29. The van der Waals surface area contributed by atoms with Crippen LogP contribution in [0.15, 0.2) is 85.1 Å². The van der Waals surface area contributed by atoms with Gasteiger partial charge in [0.05, 0.1) is 21.4 Å². The smallest absolute Gasteiger partial charge is 0.206 e. The van der Waals surface area contributed by atoms with Gasteiger partial charge in [0.2, 0.25) is 11.3 Å². The Kier molecular flexibility index (Phi) is 2.70. The van der Waals surface area contributed by atoms with Crippen LogP contribution in [0.1, 0.15) is 25.4 Å². The second-order valence-electron chi connectivity index (χ2n) is 6.63. The third-order valence-electron chi connectivity index (χ3n) is 4.66. The normalized spacial score (nSPS) is 18.3. The summed E-state index contributed by atoms with van der Waals surface area (Å²) in [6.07, 6.45) is 0. The minimum absolute atomic E-state index is 0.696. The van der Waals surface area contributed by atoms with Gasteiger partial charge in [0.15, 0.2) is 11.5 Å². The van der Waals surface area contributed by atoms with E-state index in [0.717, 1.165) is 21.4 Å². The van der Waals surface area contributed by atoms with Crippen molar-refractivity contribution in [3.05, 3.63) is 93.6 Å². The fourth-order valence-electron chi connectivity index (χ4n) is 3.36. The first-order chi connectivity index (χ1) is 12.1. The van der Waals surface area contributed by atoms with Crippen LogP contribution in [0.25, 0.3) is 0 Å². The van der Waals surface area contributed by atoms with Gasteiger partial charge in [-0.2, -0.15) is 0 Å². The molecule has 0 spiro atoms. The van der Waals surface area contributed by atoms with Gasteiger partial charge in [0.25, 0.3) is 0 Å². The van der Waals surface area contributed by atoms with Gasteiger partial charge in [-0.15, -0.1) is 0 Å². The number of fused-ring (bicyclic) bond motifs is 2. The van der Waals surface area contributed by atoms with Crippen molar-refractivity contribution in [1.82, 2.24) is 0 Å². The Morgan fingerprint density at radius 2 is 0.880 bits per heavy atom. The van der Waals surface area contributed by atoms with Crippen LogP contribution in [0.2, 0.25) is 0 Å². The van der Waals surface area contributed by atoms with E-state index in [4.69, 9.17) is 24.4 Å². The van der Waals surface area contributed by atoms with E-state index in [9.17, 15) is 0 Å². The second-order valence-corrected chi connectivity index (χ2v) is 6.63. The molecule has 0 aliphatic carbocycles. The van der Waals surface area contributed by atoms with Gasteiger partial charge < -0.3 is 4.42 Å². The van der Waals surface area contributed by atoms with Crippen LogP contribution in [0, 0.1) is 0 Å². The van der Waals surface area contributed by atoms with Gasteiger partial charge in [-0.05, 0) is 50.2 Å². The van der Waals surface area contributed by atoms with Crippen molar-refractivity contribution in [2.45, 2.75) is 25.2 Å². The monoisotopic (exact) mass is 328 g/mol. The van der Waals surface area contributed by atoms with Gasteiger partial charge >= 0.3 is 0 Å². The van der Waals surface area contributed by atoms with Crippen LogP contribution in [-0.2, 0) is 11.3 Å². The summed E-state index contributed by atoms with van der Waals surface area (Å²) in [5, 5.41) is 3.54. The summed E-state index contributed by atoms with van der Waals surface area (Å²) in [6.45, 7) is 3.91. The summed E-state index contributed by atoms with van der Waals surface area (Å²) in [7, 11) is 0. The second kappa shape index (κ2) is 4.72. The van der Waals surface area contributed by atoms with E-state index >= 15 is 0 Å². The highest BCUT2D eigenvalue weighted by molar-refractivity contribution is 5.23. The number of para-hydroxylation sites is 4. The van der Waals surface area contributed by atoms with E-state index in [2.05, 4.69) is 0 Å². The van der Waals surface area contributed by atoms with Gasteiger partial charge in [0.1, 0.15) is 0 Å². The van der Waals surface area contributed by atoms with E-state index < -0.39 is 11.3 Å². The van der Waals surface area contributed by atoms with Crippen LogP contribution in [0.3, 0.4) is 0 Å². The van der Waals surface area contributed by atoms with Gasteiger partial charge in [-0.25, -0.2) is 20.0 Å². The minimum Gasteiger partial charge on any atom is -0.457 e. The fourth-order valence-corrected chi connectivity index (χ4v) is 3.36. The fraction of sp³-hybridized carbons (Fsp3) is 0.200. The predicted molar refractivity (Wildman–Crippen MR) is 90.9 cm³/mol. The molecule has 5 heteroatoms. The van der Waals surface area contributed by atoms with Crippen molar-refractivity contribution in [1.29, 1.82) is 0 Å². The first-order valence-corrected chi connectivity index (χ1v) is 8.26. The van der Waals surface area contributed by atoms with E-state index in [0.29, 0.717) is 11.5 Å². The Bertz CT molecular complexity index is 1070. The maximum Gasteiger partial charge on any atom is 0.206 e. The van der Waals surface area contributed by atoms with Crippen LogP contribution < -0.4 is 21.4 Å². The number of hydrogen-bond donors (Lipinski definition) is 0. The van der Waals surface area contributed by atoms with Crippen molar-refractivity contribution in [2.75, 3.05) is 0 Å². The zero-order valence-corrected chi connectivity index (χ0v) is 14.0. The molecule has 122 valence electrons. The molecule has 5 nitrogen and oxygen atoms in total. The Morgan fingerprint density at radius 3 is 1.20 bits per heavy atom. The van der Waals surface area contributed by atoms with Gasteiger partial charge in [0, 0.05) is 0 Å². The largest absolute Gasteiger partial charge is 0.457 e. The average molecular weight is 328 g/mol. The Labute approximate surface area is 143 Å².